The normalized spacial score (nSPS) is 11.4. The number of hydrogen-bond donors (Lipinski definition) is 2. The number of nitriles is 1. The van der Waals surface area contributed by atoms with Crippen molar-refractivity contribution >= 4 is 12.0 Å². The van der Waals surface area contributed by atoms with Crippen LogP contribution in [0.2, 0.25) is 0 Å². The minimum absolute atomic E-state index is 0.211. The van der Waals surface area contributed by atoms with Crippen LogP contribution in [0.5, 0.6) is 0 Å². The summed E-state index contributed by atoms with van der Waals surface area (Å²) in [6.07, 6.45) is 0.232. The van der Waals surface area contributed by atoms with Crippen LogP contribution in [-0.2, 0) is 4.74 Å². The van der Waals surface area contributed by atoms with Crippen LogP contribution in [0.3, 0.4) is 0 Å². The van der Waals surface area contributed by atoms with E-state index < -0.39 is 6.09 Å². The fraction of sp³-hybridized carbons (Fsp3) is 0.471. The van der Waals surface area contributed by atoms with E-state index in [4.69, 9.17) is 10.00 Å². The first-order valence-electron chi connectivity index (χ1n) is 7.67. The predicted octanol–water partition coefficient (Wildman–Crippen LogP) is 2.45. The molecule has 0 unspecified atom stereocenters. The van der Waals surface area contributed by atoms with Crippen molar-refractivity contribution in [3.05, 3.63) is 35.4 Å². The number of nitrogens with zero attached hydrogens (tertiary/aromatic N) is 1. The van der Waals surface area contributed by atoms with E-state index >= 15 is 0 Å². The quantitative estimate of drug-likeness (QED) is 0.808. The highest BCUT2D eigenvalue weighted by Crippen LogP contribution is 2.06. The number of hydrogen-bond acceptors (Lipinski definition) is 4. The highest BCUT2D eigenvalue weighted by Gasteiger charge is 2.16. The molecule has 0 aliphatic rings. The van der Waals surface area contributed by atoms with E-state index in [1.807, 2.05) is 19.9 Å². The number of ether oxygens (including phenoxy) is 1. The zero-order valence-electron chi connectivity index (χ0n) is 13.8. The van der Waals surface area contributed by atoms with Gasteiger partial charge >= 0.3 is 6.09 Å². The SMILES string of the molecule is CCOC(=O)N[C@@H](CNC(=O)c1cccc(C#N)c1)CC(C)C. The summed E-state index contributed by atoms with van der Waals surface area (Å²) in [6.45, 7) is 6.41. The molecule has 23 heavy (non-hydrogen) atoms. The van der Waals surface area contributed by atoms with Gasteiger partial charge < -0.3 is 15.4 Å². The number of benzene rings is 1. The molecule has 124 valence electrons. The summed E-state index contributed by atoms with van der Waals surface area (Å²) in [5, 5.41) is 14.4. The van der Waals surface area contributed by atoms with Gasteiger partial charge in [-0.15, -0.1) is 0 Å². The maximum atomic E-state index is 12.2. The average Bonchev–Trinajstić information content (AvgIpc) is 2.52. The van der Waals surface area contributed by atoms with Crippen LogP contribution < -0.4 is 10.6 Å². The predicted molar refractivity (Wildman–Crippen MR) is 86.9 cm³/mol. The van der Waals surface area contributed by atoms with E-state index in [1.165, 1.54) is 6.07 Å². The molecule has 0 aromatic heterocycles. The van der Waals surface area contributed by atoms with E-state index in [0.29, 0.717) is 30.2 Å². The molecule has 0 saturated heterocycles. The second kappa shape index (κ2) is 9.46. The van der Waals surface area contributed by atoms with Gasteiger partial charge in [-0.25, -0.2) is 4.79 Å². The molecular weight excluding hydrogens is 294 g/mol. The lowest BCUT2D eigenvalue weighted by Crippen LogP contribution is -2.44. The Morgan fingerprint density at radius 3 is 2.70 bits per heavy atom. The summed E-state index contributed by atoms with van der Waals surface area (Å²) < 4.78 is 4.88. The van der Waals surface area contributed by atoms with Crippen molar-refractivity contribution in [2.24, 2.45) is 5.92 Å². The fourth-order valence-corrected chi connectivity index (χ4v) is 2.15. The molecule has 0 heterocycles. The Balaban J connectivity index is 2.63. The number of amides is 2. The van der Waals surface area contributed by atoms with Gasteiger partial charge in [0.05, 0.1) is 18.2 Å². The van der Waals surface area contributed by atoms with Crippen LogP contribution in [0.15, 0.2) is 24.3 Å². The van der Waals surface area contributed by atoms with Crippen LogP contribution in [0, 0.1) is 17.2 Å². The maximum absolute atomic E-state index is 12.2. The maximum Gasteiger partial charge on any atom is 0.407 e. The molecule has 2 amide bonds. The lowest BCUT2D eigenvalue weighted by atomic mass is 10.0. The molecule has 0 aliphatic heterocycles. The summed E-state index contributed by atoms with van der Waals surface area (Å²) in [6, 6.07) is 8.27. The molecule has 1 rings (SSSR count). The van der Waals surface area contributed by atoms with Gasteiger partial charge in [0, 0.05) is 18.2 Å². The first kappa shape index (κ1) is 18.5. The third-order valence-electron chi connectivity index (χ3n) is 3.12. The molecule has 0 saturated carbocycles. The van der Waals surface area contributed by atoms with Crippen LogP contribution in [0.4, 0.5) is 4.79 Å². The Hall–Kier alpha value is -2.55. The van der Waals surface area contributed by atoms with E-state index in [2.05, 4.69) is 10.6 Å². The molecule has 2 N–H and O–H groups in total. The second-order valence-electron chi connectivity index (χ2n) is 5.59. The van der Waals surface area contributed by atoms with Crippen molar-refractivity contribution in [3.8, 4) is 6.07 Å². The summed E-state index contributed by atoms with van der Waals surface area (Å²) in [5.74, 6) is 0.0854. The molecule has 1 aromatic rings. The van der Waals surface area contributed by atoms with E-state index in [9.17, 15) is 9.59 Å². The monoisotopic (exact) mass is 317 g/mol. The van der Waals surface area contributed by atoms with Gasteiger partial charge in [0.1, 0.15) is 0 Å². The Morgan fingerprint density at radius 2 is 2.09 bits per heavy atom. The third-order valence-corrected chi connectivity index (χ3v) is 3.12. The molecule has 6 heteroatoms. The minimum atomic E-state index is -0.487. The minimum Gasteiger partial charge on any atom is -0.450 e. The average molecular weight is 317 g/mol. The van der Waals surface area contributed by atoms with Crippen molar-refractivity contribution in [3.63, 3.8) is 0 Å². The van der Waals surface area contributed by atoms with Gasteiger partial charge in [-0.1, -0.05) is 19.9 Å². The second-order valence-corrected chi connectivity index (χ2v) is 5.59. The molecule has 0 spiro atoms. The molecule has 0 radical (unpaired) electrons. The van der Waals surface area contributed by atoms with Gasteiger partial charge in [0.25, 0.3) is 5.91 Å². The van der Waals surface area contributed by atoms with E-state index in [1.54, 1.807) is 25.1 Å². The largest absolute Gasteiger partial charge is 0.450 e. The number of rotatable bonds is 7. The molecule has 6 nitrogen and oxygen atoms in total. The van der Waals surface area contributed by atoms with Gasteiger partial charge in [-0.05, 0) is 37.5 Å². The Bertz CT molecular complexity index is 579. The van der Waals surface area contributed by atoms with Crippen LogP contribution >= 0.6 is 0 Å². The van der Waals surface area contributed by atoms with E-state index in [-0.39, 0.29) is 11.9 Å². The zero-order chi connectivity index (χ0) is 17.2. The summed E-state index contributed by atoms with van der Waals surface area (Å²) >= 11 is 0. The number of nitrogens with one attached hydrogen (secondary N) is 2. The smallest absolute Gasteiger partial charge is 0.407 e. The topological polar surface area (TPSA) is 91.2 Å². The highest BCUT2D eigenvalue weighted by molar-refractivity contribution is 5.94. The first-order valence-corrected chi connectivity index (χ1v) is 7.67. The fourth-order valence-electron chi connectivity index (χ4n) is 2.15. The van der Waals surface area contributed by atoms with Crippen molar-refractivity contribution in [2.45, 2.75) is 33.2 Å². The molecule has 0 aliphatic carbocycles. The number of carbonyl (C=O) groups excluding carboxylic acids is 2. The lowest BCUT2D eigenvalue weighted by molar-refractivity contribution is 0.0944. The van der Waals surface area contributed by atoms with Crippen molar-refractivity contribution in [1.29, 1.82) is 5.26 Å². The Labute approximate surface area is 136 Å². The molecule has 0 bridgehead atoms. The summed E-state index contributed by atoms with van der Waals surface area (Å²) in [5.41, 5.74) is 0.851. The highest BCUT2D eigenvalue weighted by atomic mass is 16.5. The third kappa shape index (κ3) is 6.83. The summed E-state index contributed by atoms with van der Waals surface area (Å²) in [7, 11) is 0. The van der Waals surface area contributed by atoms with Crippen molar-refractivity contribution in [2.75, 3.05) is 13.2 Å². The first-order chi connectivity index (χ1) is 11.0. The summed E-state index contributed by atoms with van der Waals surface area (Å²) in [4.78, 5) is 23.7. The van der Waals surface area contributed by atoms with Gasteiger partial charge in [-0.2, -0.15) is 5.26 Å². The Kier molecular flexibility index (Phi) is 7.61. The molecule has 1 atom stereocenters. The van der Waals surface area contributed by atoms with Gasteiger partial charge in [0.2, 0.25) is 0 Å². The van der Waals surface area contributed by atoms with Gasteiger partial charge in [-0.3, -0.25) is 4.79 Å². The van der Waals surface area contributed by atoms with Crippen LogP contribution in [-0.4, -0.2) is 31.2 Å². The van der Waals surface area contributed by atoms with Crippen LogP contribution in [0.25, 0.3) is 0 Å². The number of alkyl carbamates (subject to hydrolysis) is 1. The Morgan fingerprint density at radius 1 is 1.35 bits per heavy atom. The standard InChI is InChI=1S/C17H23N3O3/c1-4-23-17(22)20-15(8-12(2)3)11-19-16(21)14-7-5-6-13(9-14)10-18/h5-7,9,12,15H,4,8,11H2,1-3H3,(H,19,21)(H,20,22)/t15-/m1/s1. The van der Waals surface area contributed by atoms with Gasteiger partial charge in [0.15, 0.2) is 0 Å². The molecular formula is C17H23N3O3. The number of carbonyl (C=O) groups is 2. The lowest BCUT2D eigenvalue weighted by Gasteiger charge is -2.20. The van der Waals surface area contributed by atoms with Crippen molar-refractivity contribution in [1.82, 2.24) is 10.6 Å². The molecule has 1 aromatic carbocycles. The molecule has 0 fully saturated rings. The van der Waals surface area contributed by atoms with Crippen LogP contribution in [0.1, 0.15) is 43.1 Å². The van der Waals surface area contributed by atoms with E-state index in [0.717, 1.165) is 6.42 Å². The zero-order valence-corrected chi connectivity index (χ0v) is 13.8. The van der Waals surface area contributed by atoms with Crippen molar-refractivity contribution < 1.29 is 14.3 Å².